The zero-order valence-corrected chi connectivity index (χ0v) is 10.9. The van der Waals surface area contributed by atoms with E-state index in [1.807, 2.05) is 13.8 Å². The average Bonchev–Trinajstić information content (AvgIpc) is 2.33. The van der Waals surface area contributed by atoms with E-state index < -0.39 is 23.7 Å². The van der Waals surface area contributed by atoms with Crippen molar-refractivity contribution in [1.82, 2.24) is 10.3 Å². The highest BCUT2D eigenvalue weighted by atomic mass is 19.1. The van der Waals surface area contributed by atoms with Crippen molar-refractivity contribution in [1.29, 1.82) is 0 Å². The second kappa shape index (κ2) is 6.82. The monoisotopic (exact) mass is 268 g/mol. The van der Waals surface area contributed by atoms with Gasteiger partial charge in [-0.3, -0.25) is 9.59 Å². The van der Waals surface area contributed by atoms with Crippen LogP contribution in [0.25, 0.3) is 0 Å². The third kappa shape index (κ3) is 5.03. The average molecular weight is 268 g/mol. The van der Waals surface area contributed by atoms with Gasteiger partial charge < -0.3 is 10.4 Å². The molecule has 1 atom stereocenters. The number of carboxylic acids is 1. The number of halogens is 1. The molecule has 1 unspecified atom stereocenters. The molecule has 1 rings (SSSR count). The Hall–Kier alpha value is -1.98. The largest absolute Gasteiger partial charge is 0.481 e. The minimum absolute atomic E-state index is 0.00450. The lowest BCUT2D eigenvalue weighted by Gasteiger charge is -2.15. The molecule has 0 saturated carbocycles. The van der Waals surface area contributed by atoms with Gasteiger partial charge in [0.25, 0.3) is 5.91 Å². The first-order valence-corrected chi connectivity index (χ1v) is 6.03. The molecule has 0 aromatic carbocycles. The molecule has 0 saturated heterocycles. The van der Waals surface area contributed by atoms with Gasteiger partial charge in [-0.05, 0) is 24.5 Å². The second-order valence-corrected chi connectivity index (χ2v) is 4.72. The van der Waals surface area contributed by atoms with E-state index in [4.69, 9.17) is 5.11 Å². The quantitative estimate of drug-likeness (QED) is 0.770. The number of carbonyl (C=O) groups excluding carboxylic acids is 1. The molecule has 0 aliphatic heterocycles. The van der Waals surface area contributed by atoms with Crippen molar-refractivity contribution in [3.8, 4) is 0 Å². The van der Waals surface area contributed by atoms with E-state index in [-0.39, 0.29) is 18.2 Å². The Morgan fingerprint density at radius 2 is 2.11 bits per heavy atom. The van der Waals surface area contributed by atoms with Gasteiger partial charge in [0.15, 0.2) is 0 Å². The molecule has 0 radical (unpaired) electrons. The lowest BCUT2D eigenvalue weighted by molar-refractivity contribution is -0.142. The number of aromatic nitrogens is 1. The van der Waals surface area contributed by atoms with Crippen molar-refractivity contribution >= 4 is 11.9 Å². The molecule has 2 N–H and O–H groups in total. The van der Waals surface area contributed by atoms with Gasteiger partial charge in [-0.1, -0.05) is 19.9 Å². The van der Waals surface area contributed by atoms with Gasteiger partial charge >= 0.3 is 5.97 Å². The number of amides is 1. The van der Waals surface area contributed by atoms with Gasteiger partial charge in [-0.15, -0.1) is 0 Å². The van der Waals surface area contributed by atoms with E-state index in [9.17, 15) is 14.0 Å². The molecule has 1 heterocycles. The number of hydrogen-bond donors (Lipinski definition) is 2. The Kier molecular flexibility index (Phi) is 5.41. The van der Waals surface area contributed by atoms with Crippen LogP contribution in [0.1, 0.15) is 30.8 Å². The van der Waals surface area contributed by atoms with E-state index in [0.717, 1.165) is 6.07 Å². The first kappa shape index (κ1) is 15.1. The number of rotatable bonds is 6. The van der Waals surface area contributed by atoms with Crippen LogP contribution in [0.2, 0.25) is 0 Å². The van der Waals surface area contributed by atoms with Crippen molar-refractivity contribution in [2.24, 2.45) is 11.8 Å². The summed E-state index contributed by atoms with van der Waals surface area (Å²) in [7, 11) is 0. The molecule has 1 amide bonds. The highest BCUT2D eigenvalue weighted by molar-refractivity contribution is 5.92. The van der Waals surface area contributed by atoms with E-state index in [1.54, 1.807) is 0 Å². The number of hydrogen-bond acceptors (Lipinski definition) is 3. The molecule has 5 nitrogen and oxygen atoms in total. The normalized spacial score (nSPS) is 12.2. The van der Waals surface area contributed by atoms with Gasteiger partial charge in [0, 0.05) is 6.54 Å². The van der Waals surface area contributed by atoms with Crippen molar-refractivity contribution in [2.75, 3.05) is 6.54 Å². The van der Waals surface area contributed by atoms with Gasteiger partial charge in [-0.25, -0.2) is 4.98 Å². The van der Waals surface area contributed by atoms with E-state index in [2.05, 4.69) is 10.3 Å². The number of pyridine rings is 1. The summed E-state index contributed by atoms with van der Waals surface area (Å²) in [6, 6.07) is 3.88. The minimum Gasteiger partial charge on any atom is -0.481 e. The number of aliphatic carboxylic acids is 1. The van der Waals surface area contributed by atoms with Crippen LogP contribution in [0, 0.1) is 17.8 Å². The van der Waals surface area contributed by atoms with Crippen LogP contribution in [-0.2, 0) is 4.79 Å². The van der Waals surface area contributed by atoms with Gasteiger partial charge in [0.1, 0.15) is 5.69 Å². The molecule has 0 aliphatic carbocycles. The lowest BCUT2D eigenvalue weighted by Crippen LogP contribution is -2.34. The molecular weight excluding hydrogens is 251 g/mol. The summed E-state index contributed by atoms with van der Waals surface area (Å²) in [5.74, 6) is -2.72. The van der Waals surface area contributed by atoms with Crippen LogP contribution < -0.4 is 5.32 Å². The maximum absolute atomic E-state index is 12.8. The second-order valence-electron chi connectivity index (χ2n) is 4.72. The van der Waals surface area contributed by atoms with Crippen LogP contribution in [0.5, 0.6) is 0 Å². The van der Waals surface area contributed by atoms with Gasteiger partial charge in [0.2, 0.25) is 5.95 Å². The summed E-state index contributed by atoms with van der Waals surface area (Å²) in [4.78, 5) is 26.1. The number of carbonyl (C=O) groups is 2. The Bertz CT molecular complexity index is 463. The highest BCUT2D eigenvalue weighted by Crippen LogP contribution is 2.11. The number of nitrogens with zero attached hydrogens (tertiary/aromatic N) is 1. The highest BCUT2D eigenvalue weighted by Gasteiger charge is 2.20. The number of nitrogens with one attached hydrogen (secondary N) is 1. The van der Waals surface area contributed by atoms with Crippen molar-refractivity contribution in [3.05, 3.63) is 29.8 Å². The van der Waals surface area contributed by atoms with E-state index in [0.29, 0.717) is 6.42 Å². The fraction of sp³-hybridized carbons (Fsp3) is 0.462. The molecular formula is C13H17FN2O3. The topological polar surface area (TPSA) is 79.3 Å². The number of carboxylic acid groups (broad SMARTS) is 1. The molecule has 0 aliphatic rings. The predicted octanol–water partition coefficient (Wildman–Crippen LogP) is 1.70. The molecule has 19 heavy (non-hydrogen) atoms. The lowest BCUT2D eigenvalue weighted by atomic mass is 9.97. The Balaban J connectivity index is 2.59. The molecule has 1 aromatic heterocycles. The first-order valence-electron chi connectivity index (χ1n) is 6.03. The predicted molar refractivity (Wildman–Crippen MR) is 67.1 cm³/mol. The molecule has 6 heteroatoms. The Morgan fingerprint density at radius 3 is 2.63 bits per heavy atom. The zero-order chi connectivity index (χ0) is 14.4. The van der Waals surface area contributed by atoms with Gasteiger partial charge in [0.05, 0.1) is 5.92 Å². The maximum atomic E-state index is 12.8. The first-order chi connectivity index (χ1) is 8.90. The molecule has 1 aromatic rings. The molecule has 0 spiro atoms. The Labute approximate surface area is 110 Å². The smallest absolute Gasteiger partial charge is 0.308 e. The Morgan fingerprint density at radius 1 is 1.42 bits per heavy atom. The fourth-order valence-corrected chi connectivity index (χ4v) is 1.68. The van der Waals surface area contributed by atoms with Crippen molar-refractivity contribution in [3.63, 3.8) is 0 Å². The fourth-order valence-electron chi connectivity index (χ4n) is 1.68. The zero-order valence-electron chi connectivity index (χ0n) is 10.9. The summed E-state index contributed by atoms with van der Waals surface area (Å²) in [5.41, 5.74) is -0.0614. The van der Waals surface area contributed by atoms with E-state index in [1.165, 1.54) is 12.1 Å². The third-order valence-electron chi connectivity index (χ3n) is 2.56. The molecule has 0 bridgehead atoms. The molecule has 104 valence electrons. The summed E-state index contributed by atoms with van der Waals surface area (Å²) in [5, 5.41) is 11.5. The van der Waals surface area contributed by atoms with Crippen LogP contribution in [-0.4, -0.2) is 28.5 Å². The van der Waals surface area contributed by atoms with Gasteiger partial charge in [-0.2, -0.15) is 4.39 Å². The molecule has 0 fully saturated rings. The standard InChI is InChI=1S/C13H17FN2O3/c1-8(2)6-9(13(18)19)7-15-12(17)10-4-3-5-11(14)16-10/h3-5,8-9H,6-7H2,1-2H3,(H,15,17)(H,18,19). The summed E-state index contributed by atoms with van der Waals surface area (Å²) in [6.07, 6.45) is 0.464. The van der Waals surface area contributed by atoms with Crippen molar-refractivity contribution < 1.29 is 19.1 Å². The minimum atomic E-state index is -0.957. The SMILES string of the molecule is CC(C)CC(CNC(=O)c1cccc(F)n1)C(=O)O. The van der Waals surface area contributed by atoms with Crippen LogP contribution in [0.3, 0.4) is 0 Å². The van der Waals surface area contributed by atoms with E-state index >= 15 is 0 Å². The van der Waals surface area contributed by atoms with Crippen LogP contribution in [0.15, 0.2) is 18.2 Å². The third-order valence-corrected chi connectivity index (χ3v) is 2.56. The summed E-state index contributed by atoms with van der Waals surface area (Å²) < 4.78 is 12.8. The van der Waals surface area contributed by atoms with Crippen LogP contribution in [0.4, 0.5) is 4.39 Å². The van der Waals surface area contributed by atoms with Crippen LogP contribution >= 0.6 is 0 Å². The maximum Gasteiger partial charge on any atom is 0.308 e. The summed E-state index contributed by atoms with van der Waals surface area (Å²) >= 11 is 0. The summed E-state index contributed by atoms with van der Waals surface area (Å²) in [6.45, 7) is 3.82. The van der Waals surface area contributed by atoms with Crippen molar-refractivity contribution in [2.45, 2.75) is 20.3 Å².